The van der Waals surface area contributed by atoms with Crippen LogP contribution in [-0.4, -0.2) is 17.3 Å². The molecule has 2 aromatic rings. The van der Waals surface area contributed by atoms with Crippen molar-refractivity contribution in [2.45, 2.75) is 32.2 Å². The maximum absolute atomic E-state index is 12.6. The van der Waals surface area contributed by atoms with Crippen LogP contribution in [0.25, 0.3) is 10.8 Å². The van der Waals surface area contributed by atoms with Gasteiger partial charge in [-0.1, -0.05) is 50.2 Å². The monoisotopic (exact) mass is 289 g/mol. The van der Waals surface area contributed by atoms with Crippen molar-refractivity contribution < 1.29 is 4.79 Å². The lowest BCUT2D eigenvalue weighted by molar-refractivity contribution is 0.0904. The molecule has 2 aromatic carbocycles. The predicted molar refractivity (Wildman–Crippen MR) is 85.4 cm³/mol. The predicted octanol–water partition coefficient (Wildman–Crippen LogP) is 4.37. The normalized spacial score (nSPS) is 11.6. The van der Waals surface area contributed by atoms with Gasteiger partial charge in [-0.05, 0) is 29.7 Å². The van der Waals surface area contributed by atoms with E-state index in [1.54, 1.807) is 0 Å². The molecule has 2 rings (SSSR count). The smallest absolute Gasteiger partial charge is 0.252 e. The van der Waals surface area contributed by atoms with Gasteiger partial charge in [0.2, 0.25) is 0 Å². The van der Waals surface area contributed by atoms with Gasteiger partial charge in [-0.15, -0.1) is 11.6 Å². The van der Waals surface area contributed by atoms with Crippen molar-refractivity contribution in [1.82, 2.24) is 5.32 Å². The zero-order chi connectivity index (χ0) is 14.6. The molecular formula is C17H20ClNO. The highest BCUT2D eigenvalue weighted by molar-refractivity contribution is 6.19. The van der Waals surface area contributed by atoms with Crippen molar-refractivity contribution in [2.75, 3.05) is 5.88 Å². The fourth-order valence-electron chi connectivity index (χ4n) is 2.38. The molecule has 106 valence electrons. The van der Waals surface area contributed by atoms with Gasteiger partial charge in [0.1, 0.15) is 0 Å². The van der Waals surface area contributed by atoms with Crippen molar-refractivity contribution in [3.63, 3.8) is 0 Å². The lowest BCUT2D eigenvalue weighted by atomic mass is 9.94. The SMILES string of the molecule is CCC(CC)(CCl)NC(=O)c1cccc2ccccc12. The number of fused-ring (bicyclic) bond motifs is 1. The van der Waals surface area contributed by atoms with E-state index in [0.29, 0.717) is 11.4 Å². The second-order valence-electron chi connectivity index (χ2n) is 5.10. The Morgan fingerprint density at radius 3 is 2.40 bits per heavy atom. The summed E-state index contributed by atoms with van der Waals surface area (Å²) in [6.45, 7) is 4.10. The molecule has 0 aliphatic carbocycles. The van der Waals surface area contributed by atoms with Crippen LogP contribution in [0.5, 0.6) is 0 Å². The van der Waals surface area contributed by atoms with E-state index >= 15 is 0 Å². The fraction of sp³-hybridized carbons (Fsp3) is 0.353. The van der Waals surface area contributed by atoms with Gasteiger partial charge in [0.05, 0.1) is 5.54 Å². The minimum absolute atomic E-state index is 0.0499. The van der Waals surface area contributed by atoms with Crippen molar-refractivity contribution in [3.05, 3.63) is 48.0 Å². The number of hydrogen-bond acceptors (Lipinski definition) is 1. The largest absolute Gasteiger partial charge is 0.345 e. The average molecular weight is 290 g/mol. The molecule has 0 aliphatic heterocycles. The summed E-state index contributed by atoms with van der Waals surface area (Å²) < 4.78 is 0. The number of carbonyl (C=O) groups is 1. The first kappa shape index (κ1) is 14.9. The maximum Gasteiger partial charge on any atom is 0.252 e. The molecule has 20 heavy (non-hydrogen) atoms. The van der Waals surface area contributed by atoms with Gasteiger partial charge in [0.15, 0.2) is 0 Å². The van der Waals surface area contributed by atoms with E-state index in [2.05, 4.69) is 19.2 Å². The van der Waals surface area contributed by atoms with E-state index in [1.165, 1.54) is 0 Å². The van der Waals surface area contributed by atoms with E-state index in [9.17, 15) is 4.79 Å². The van der Waals surface area contributed by atoms with E-state index in [0.717, 1.165) is 23.6 Å². The van der Waals surface area contributed by atoms with Crippen LogP contribution in [0.2, 0.25) is 0 Å². The minimum Gasteiger partial charge on any atom is -0.345 e. The molecule has 0 fully saturated rings. The summed E-state index contributed by atoms with van der Waals surface area (Å²) in [5.41, 5.74) is 0.384. The molecular weight excluding hydrogens is 270 g/mol. The van der Waals surface area contributed by atoms with E-state index in [-0.39, 0.29) is 11.4 Å². The molecule has 0 saturated carbocycles. The lowest BCUT2D eigenvalue weighted by Gasteiger charge is -2.30. The lowest BCUT2D eigenvalue weighted by Crippen LogP contribution is -2.49. The van der Waals surface area contributed by atoms with Gasteiger partial charge in [-0.3, -0.25) is 4.79 Å². The zero-order valence-corrected chi connectivity index (χ0v) is 12.7. The highest BCUT2D eigenvalue weighted by Gasteiger charge is 2.27. The number of halogens is 1. The standard InChI is InChI=1S/C17H20ClNO/c1-3-17(4-2,12-18)19-16(20)15-11-7-9-13-8-5-6-10-14(13)15/h5-11H,3-4,12H2,1-2H3,(H,19,20). The van der Waals surface area contributed by atoms with Crippen LogP contribution >= 0.6 is 11.6 Å². The van der Waals surface area contributed by atoms with Crippen molar-refractivity contribution in [3.8, 4) is 0 Å². The molecule has 0 radical (unpaired) electrons. The Morgan fingerprint density at radius 1 is 1.10 bits per heavy atom. The molecule has 2 nitrogen and oxygen atoms in total. The summed E-state index contributed by atoms with van der Waals surface area (Å²) in [5, 5.41) is 5.17. The zero-order valence-electron chi connectivity index (χ0n) is 11.9. The number of nitrogens with one attached hydrogen (secondary N) is 1. The molecule has 0 heterocycles. The topological polar surface area (TPSA) is 29.1 Å². The number of benzene rings is 2. The summed E-state index contributed by atoms with van der Waals surface area (Å²) in [6, 6.07) is 13.7. The van der Waals surface area contributed by atoms with Gasteiger partial charge < -0.3 is 5.32 Å². The van der Waals surface area contributed by atoms with Gasteiger partial charge in [-0.2, -0.15) is 0 Å². The Labute approximate surface area is 125 Å². The van der Waals surface area contributed by atoms with Crippen molar-refractivity contribution >= 4 is 28.3 Å². The Morgan fingerprint density at radius 2 is 1.75 bits per heavy atom. The highest BCUT2D eigenvalue weighted by Crippen LogP contribution is 2.22. The molecule has 0 bridgehead atoms. The van der Waals surface area contributed by atoms with Crippen molar-refractivity contribution in [1.29, 1.82) is 0 Å². The van der Waals surface area contributed by atoms with Crippen LogP contribution in [-0.2, 0) is 0 Å². The van der Waals surface area contributed by atoms with Gasteiger partial charge in [0.25, 0.3) is 5.91 Å². The molecule has 0 atom stereocenters. The average Bonchev–Trinajstić information content (AvgIpc) is 2.52. The Bertz CT molecular complexity index is 591. The third-order valence-electron chi connectivity index (χ3n) is 4.02. The summed E-state index contributed by atoms with van der Waals surface area (Å²) in [6.07, 6.45) is 1.65. The molecule has 1 amide bonds. The summed E-state index contributed by atoms with van der Waals surface area (Å²) >= 11 is 6.06. The first-order valence-electron chi connectivity index (χ1n) is 7.02. The first-order valence-corrected chi connectivity index (χ1v) is 7.55. The van der Waals surface area contributed by atoms with Crippen LogP contribution < -0.4 is 5.32 Å². The minimum atomic E-state index is -0.324. The number of alkyl halides is 1. The van der Waals surface area contributed by atoms with E-state index < -0.39 is 0 Å². The number of hydrogen-bond donors (Lipinski definition) is 1. The number of rotatable bonds is 5. The van der Waals surface area contributed by atoms with Crippen LogP contribution in [0.1, 0.15) is 37.0 Å². The molecule has 0 unspecified atom stereocenters. The van der Waals surface area contributed by atoms with E-state index in [1.807, 2.05) is 42.5 Å². The summed E-state index contributed by atoms with van der Waals surface area (Å²) in [4.78, 5) is 12.6. The second-order valence-corrected chi connectivity index (χ2v) is 5.37. The molecule has 3 heteroatoms. The van der Waals surface area contributed by atoms with Crippen LogP contribution in [0.3, 0.4) is 0 Å². The van der Waals surface area contributed by atoms with Crippen molar-refractivity contribution in [2.24, 2.45) is 0 Å². The highest BCUT2D eigenvalue weighted by atomic mass is 35.5. The van der Waals surface area contributed by atoms with Crippen LogP contribution in [0.4, 0.5) is 0 Å². The molecule has 1 N–H and O–H groups in total. The van der Waals surface area contributed by atoms with Crippen LogP contribution in [0.15, 0.2) is 42.5 Å². The Kier molecular flexibility index (Phi) is 4.66. The quantitative estimate of drug-likeness (QED) is 0.814. The van der Waals surface area contributed by atoms with Crippen LogP contribution in [0, 0.1) is 0 Å². The fourth-order valence-corrected chi connectivity index (χ4v) is 2.83. The number of amides is 1. The molecule has 0 saturated heterocycles. The van der Waals surface area contributed by atoms with Gasteiger partial charge >= 0.3 is 0 Å². The first-order chi connectivity index (χ1) is 9.65. The third kappa shape index (κ3) is 2.80. The van der Waals surface area contributed by atoms with E-state index in [4.69, 9.17) is 11.6 Å². The summed E-state index contributed by atoms with van der Waals surface area (Å²) in [7, 11) is 0. The number of carbonyl (C=O) groups excluding carboxylic acids is 1. The molecule has 0 spiro atoms. The van der Waals surface area contributed by atoms with Gasteiger partial charge in [-0.25, -0.2) is 0 Å². The van der Waals surface area contributed by atoms with Gasteiger partial charge in [0, 0.05) is 11.4 Å². The Hall–Kier alpha value is -1.54. The third-order valence-corrected chi connectivity index (χ3v) is 4.53. The maximum atomic E-state index is 12.6. The second kappa shape index (κ2) is 6.27. The molecule has 0 aromatic heterocycles. The summed E-state index contributed by atoms with van der Waals surface area (Å²) in [5.74, 6) is 0.377. The molecule has 0 aliphatic rings. The Balaban J connectivity index is 2.37.